The number of phenolic OH excluding ortho intramolecular Hbond substituents is 2. The van der Waals surface area contributed by atoms with Crippen LogP contribution < -0.4 is 9.47 Å². The summed E-state index contributed by atoms with van der Waals surface area (Å²) < 4.78 is 211. The second-order valence-electron chi connectivity index (χ2n) is 8.59. The number of ether oxygens (including phenoxy) is 2. The first-order valence-electron chi connectivity index (χ1n) is 11.2. The zero-order valence-electron chi connectivity index (χ0n) is 21.3. The maximum atomic E-state index is 14.9. The van der Waals surface area contributed by atoms with Gasteiger partial charge in [0.2, 0.25) is 81.1 Å². The Morgan fingerprint density at radius 1 is 0.457 bits per heavy atom. The Morgan fingerprint density at radius 3 is 1.09 bits per heavy atom. The molecule has 7 nitrogen and oxygen atoms in total. The van der Waals surface area contributed by atoms with E-state index < -0.39 is 143 Å². The van der Waals surface area contributed by atoms with Crippen LogP contribution in [0.4, 0.5) is 67.2 Å². The highest BCUT2D eigenvalue weighted by Gasteiger charge is 2.39. The number of nitro benzene ring substituents is 1. The molecule has 0 saturated heterocycles. The molecule has 2 N–H and O–H groups in total. The second-order valence-corrected chi connectivity index (χ2v) is 8.59. The number of nitrogens with zero attached hydrogens (tertiary/aromatic N) is 1. The van der Waals surface area contributed by atoms with Crippen LogP contribution in [0.25, 0.3) is 11.1 Å². The fourth-order valence-electron chi connectivity index (χ4n) is 3.74. The lowest BCUT2D eigenvalue weighted by Crippen LogP contribution is -2.10. The van der Waals surface area contributed by atoms with E-state index in [1.165, 1.54) is 0 Å². The van der Waals surface area contributed by atoms with Gasteiger partial charge in [-0.2, -0.15) is 39.5 Å². The predicted octanol–water partition coefficient (Wildman–Crippen LogP) is 8.51. The Kier molecular flexibility index (Phi) is 8.31. The van der Waals surface area contributed by atoms with E-state index >= 15 is 0 Å². The van der Waals surface area contributed by atoms with E-state index in [9.17, 15) is 81.8 Å². The third-order valence-electron chi connectivity index (χ3n) is 6.00. The maximum absolute atomic E-state index is 14.9. The van der Waals surface area contributed by atoms with Crippen molar-refractivity contribution in [3.63, 3.8) is 0 Å². The Morgan fingerprint density at radius 2 is 0.739 bits per heavy atom. The summed E-state index contributed by atoms with van der Waals surface area (Å²) in [6, 6.07) is 0. The van der Waals surface area contributed by atoms with Gasteiger partial charge in [0.1, 0.15) is 0 Å². The standard InChI is InChI=1S/C25H5F14NO6/c1-2-5(26)11(32)24(17(38)20(2)41)45-22-12(33)6(27)3(7(28)13(22)34)4-8(29)14(35)23(15(36)9(4)30)46-25-16(37)10(31)19(40(43)44)21(42)18(25)39/h41-42H,1H3. The number of benzene rings is 4. The van der Waals surface area contributed by atoms with Crippen LogP contribution in [0.5, 0.6) is 34.5 Å². The summed E-state index contributed by atoms with van der Waals surface area (Å²) in [7, 11) is 0. The van der Waals surface area contributed by atoms with Gasteiger partial charge in [-0.3, -0.25) is 10.1 Å². The van der Waals surface area contributed by atoms with Gasteiger partial charge in [-0.15, -0.1) is 0 Å². The highest BCUT2D eigenvalue weighted by molar-refractivity contribution is 5.70. The molecule has 0 aliphatic carbocycles. The molecule has 0 aromatic heterocycles. The van der Waals surface area contributed by atoms with Gasteiger partial charge in [0.15, 0.2) is 34.8 Å². The van der Waals surface area contributed by atoms with Gasteiger partial charge in [0.05, 0.1) is 16.1 Å². The van der Waals surface area contributed by atoms with Crippen LogP contribution >= 0.6 is 0 Å². The number of halogens is 14. The molecule has 0 fully saturated rings. The van der Waals surface area contributed by atoms with Gasteiger partial charge in [0.25, 0.3) is 0 Å². The van der Waals surface area contributed by atoms with E-state index in [1.807, 2.05) is 0 Å². The monoisotopic (exact) mass is 681 g/mol. The molecule has 0 heterocycles. The molecule has 0 aliphatic rings. The Balaban J connectivity index is 1.92. The number of hydrogen-bond donors (Lipinski definition) is 2. The minimum Gasteiger partial charge on any atom is -0.504 e. The fraction of sp³-hybridized carbons (Fsp3) is 0.0400. The summed E-state index contributed by atoms with van der Waals surface area (Å²) in [5.74, 6) is -52.5. The molecule has 0 aliphatic heterocycles. The smallest absolute Gasteiger partial charge is 0.352 e. The van der Waals surface area contributed by atoms with E-state index in [0.717, 1.165) is 0 Å². The van der Waals surface area contributed by atoms with Gasteiger partial charge in [-0.25, -0.2) is 22.0 Å². The molecule has 0 bridgehead atoms. The molecule has 0 spiro atoms. The fourth-order valence-corrected chi connectivity index (χ4v) is 3.74. The summed E-state index contributed by atoms with van der Waals surface area (Å²) in [5.41, 5.74) is -8.62. The minimum atomic E-state index is -3.03. The topological polar surface area (TPSA) is 102 Å². The molecule has 4 aromatic carbocycles. The van der Waals surface area contributed by atoms with Crippen LogP contribution in [0.1, 0.15) is 5.56 Å². The number of hydrogen-bond acceptors (Lipinski definition) is 6. The average Bonchev–Trinajstić information content (AvgIpc) is 3.00. The summed E-state index contributed by atoms with van der Waals surface area (Å²) >= 11 is 0. The quantitative estimate of drug-likeness (QED) is 0.0916. The van der Waals surface area contributed by atoms with Crippen LogP contribution in [0.15, 0.2) is 0 Å². The summed E-state index contributed by atoms with van der Waals surface area (Å²) in [5, 5.41) is 29.6. The molecule has 0 amide bonds. The Hall–Kier alpha value is -5.50. The number of aromatic hydroxyl groups is 2. The first kappa shape index (κ1) is 33.4. The van der Waals surface area contributed by atoms with Crippen molar-refractivity contribution in [3.8, 4) is 45.6 Å². The lowest BCUT2D eigenvalue weighted by Gasteiger charge is -2.17. The summed E-state index contributed by atoms with van der Waals surface area (Å²) in [4.78, 5) is 8.84. The van der Waals surface area contributed by atoms with E-state index in [0.29, 0.717) is 6.92 Å². The van der Waals surface area contributed by atoms with Crippen LogP contribution in [0.3, 0.4) is 0 Å². The zero-order chi connectivity index (χ0) is 34.8. The predicted molar refractivity (Wildman–Crippen MR) is 119 cm³/mol. The van der Waals surface area contributed by atoms with Crippen molar-refractivity contribution < 1.29 is 86.1 Å². The van der Waals surface area contributed by atoms with E-state index in [1.54, 1.807) is 0 Å². The first-order valence-corrected chi connectivity index (χ1v) is 11.2. The van der Waals surface area contributed by atoms with Gasteiger partial charge in [-0.05, 0) is 6.92 Å². The molecule has 0 saturated carbocycles. The summed E-state index contributed by atoms with van der Waals surface area (Å²) in [6.07, 6.45) is 0. The molecule has 4 rings (SSSR count). The SMILES string of the molecule is Cc1c(O)c(F)c(Oc2c(F)c(F)c(-c3c(F)c(F)c(Oc4c(F)c(O)c([N+](=O)[O-])c(F)c4F)c(F)c3F)c(F)c2F)c(F)c1F. The van der Waals surface area contributed by atoms with Crippen molar-refractivity contribution in [2.45, 2.75) is 6.92 Å². The van der Waals surface area contributed by atoms with Crippen LogP contribution in [-0.4, -0.2) is 15.1 Å². The van der Waals surface area contributed by atoms with Crippen molar-refractivity contribution in [3.05, 3.63) is 97.1 Å². The number of phenols is 2. The number of nitro groups is 1. The first-order chi connectivity index (χ1) is 21.3. The Bertz CT molecular complexity index is 1900. The van der Waals surface area contributed by atoms with E-state index in [2.05, 4.69) is 9.47 Å². The van der Waals surface area contributed by atoms with Crippen LogP contribution in [-0.2, 0) is 0 Å². The van der Waals surface area contributed by atoms with Gasteiger partial charge < -0.3 is 19.7 Å². The van der Waals surface area contributed by atoms with Crippen molar-refractivity contribution >= 4 is 5.69 Å². The average molecular weight is 681 g/mol. The van der Waals surface area contributed by atoms with Gasteiger partial charge in [-0.1, -0.05) is 0 Å². The molecule has 4 aromatic rings. The van der Waals surface area contributed by atoms with Crippen molar-refractivity contribution in [2.75, 3.05) is 0 Å². The Labute approximate surface area is 242 Å². The second kappa shape index (κ2) is 11.5. The van der Waals surface area contributed by atoms with Crippen molar-refractivity contribution in [1.82, 2.24) is 0 Å². The van der Waals surface area contributed by atoms with E-state index in [4.69, 9.17) is 0 Å². The largest absolute Gasteiger partial charge is 0.504 e. The molecule has 0 radical (unpaired) electrons. The van der Waals surface area contributed by atoms with Gasteiger partial charge in [0, 0.05) is 5.56 Å². The molecule has 46 heavy (non-hydrogen) atoms. The lowest BCUT2D eigenvalue weighted by atomic mass is 10.0. The molecular weight excluding hydrogens is 676 g/mol. The molecule has 0 unspecified atom stereocenters. The van der Waals surface area contributed by atoms with Crippen LogP contribution in [0, 0.1) is 98.5 Å². The van der Waals surface area contributed by atoms with Crippen molar-refractivity contribution in [2.24, 2.45) is 0 Å². The minimum absolute atomic E-state index is 0.620. The molecule has 244 valence electrons. The molecular formula is C25H5F14NO6. The maximum Gasteiger partial charge on any atom is 0.352 e. The number of rotatable bonds is 6. The zero-order valence-corrected chi connectivity index (χ0v) is 21.3. The highest BCUT2D eigenvalue weighted by atomic mass is 19.2. The van der Waals surface area contributed by atoms with Crippen LogP contribution in [0.2, 0.25) is 0 Å². The van der Waals surface area contributed by atoms with Crippen molar-refractivity contribution in [1.29, 1.82) is 0 Å². The molecule has 21 heteroatoms. The third-order valence-corrected chi connectivity index (χ3v) is 6.00. The molecule has 0 atom stereocenters. The lowest BCUT2D eigenvalue weighted by molar-refractivity contribution is -0.389. The third kappa shape index (κ3) is 4.77. The summed E-state index contributed by atoms with van der Waals surface area (Å²) in [6.45, 7) is 0.620. The van der Waals surface area contributed by atoms with E-state index in [-0.39, 0.29) is 0 Å². The normalized spacial score (nSPS) is 11.3. The van der Waals surface area contributed by atoms with Gasteiger partial charge >= 0.3 is 5.69 Å². The highest BCUT2D eigenvalue weighted by Crippen LogP contribution is 2.47.